The fourth-order valence-electron chi connectivity index (χ4n) is 5.14. The number of benzene rings is 2. The number of imidazole rings is 1. The average Bonchev–Trinajstić information content (AvgIpc) is 3.63. The highest BCUT2D eigenvalue weighted by molar-refractivity contribution is 5.97. The number of para-hydroxylation sites is 1. The number of aromatic nitrogens is 4. The van der Waals surface area contributed by atoms with Gasteiger partial charge in [-0.1, -0.05) is 18.2 Å². The first-order valence-electron chi connectivity index (χ1n) is 13.1. The van der Waals surface area contributed by atoms with Crippen LogP contribution in [0.15, 0.2) is 77.4 Å². The fraction of sp³-hybridized carbons (Fsp3) is 0.276. The molecule has 0 atom stereocenters. The number of piperidine rings is 1. The zero-order valence-corrected chi connectivity index (χ0v) is 21.7. The molecule has 1 amide bonds. The monoisotopic (exact) mass is 536 g/mol. The van der Waals surface area contributed by atoms with Crippen molar-refractivity contribution in [1.29, 1.82) is 5.26 Å². The summed E-state index contributed by atoms with van der Waals surface area (Å²) in [6.45, 7) is 0.788. The molecule has 2 fully saturated rings. The Labute approximate surface area is 229 Å². The minimum Gasteiger partial charge on any atom is -0.457 e. The highest BCUT2D eigenvalue weighted by Crippen LogP contribution is 2.35. The molecule has 2 aromatic carbocycles. The van der Waals surface area contributed by atoms with Crippen molar-refractivity contribution >= 4 is 22.9 Å². The number of fused-ring (bicyclic) bond motifs is 1. The van der Waals surface area contributed by atoms with Gasteiger partial charge in [0, 0.05) is 24.7 Å². The van der Waals surface area contributed by atoms with Crippen molar-refractivity contribution in [2.24, 2.45) is 5.73 Å². The Morgan fingerprint density at radius 3 is 2.38 bits per heavy atom. The van der Waals surface area contributed by atoms with Gasteiger partial charge in [0.05, 0.1) is 5.69 Å². The third-order valence-corrected chi connectivity index (χ3v) is 7.48. The molecule has 11 heteroatoms. The lowest BCUT2D eigenvalue weighted by Gasteiger charge is -2.32. The smallest absolute Gasteiger partial charge is 0.335 e. The summed E-state index contributed by atoms with van der Waals surface area (Å²) in [4.78, 5) is 37.1. The summed E-state index contributed by atoms with van der Waals surface area (Å²) >= 11 is 0. The molecule has 0 unspecified atom stereocenters. The van der Waals surface area contributed by atoms with Crippen LogP contribution in [-0.4, -0.2) is 48.5 Å². The van der Waals surface area contributed by atoms with Crippen LogP contribution in [0.3, 0.4) is 0 Å². The van der Waals surface area contributed by atoms with Gasteiger partial charge in [0.25, 0.3) is 5.91 Å². The van der Waals surface area contributed by atoms with E-state index in [4.69, 9.17) is 16.2 Å². The first-order chi connectivity index (χ1) is 19.4. The summed E-state index contributed by atoms with van der Waals surface area (Å²) in [6.07, 6.45) is 5.52. The molecule has 4 N–H and O–H groups in total. The van der Waals surface area contributed by atoms with E-state index in [0.717, 1.165) is 12.8 Å². The topological polar surface area (TPSA) is 158 Å². The van der Waals surface area contributed by atoms with Crippen molar-refractivity contribution in [3.05, 3.63) is 83.1 Å². The maximum Gasteiger partial charge on any atom is 0.335 e. The second-order valence-electron chi connectivity index (χ2n) is 10.3. The predicted octanol–water partition coefficient (Wildman–Crippen LogP) is 3.06. The van der Waals surface area contributed by atoms with Crippen LogP contribution < -0.4 is 21.9 Å². The third-order valence-electron chi connectivity index (χ3n) is 7.48. The van der Waals surface area contributed by atoms with Crippen LogP contribution >= 0.6 is 0 Å². The number of carbonyl (C=O) groups is 1. The Morgan fingerprint density at radius 1 is 1.05 bits per heavy atom. The maximum atomic E-state index is 13.9. The highest BCUT2D eigenvalue weighted by atomic mass is 16.5. The van der Waals surface area contributed by atoms with Gasteiger partial charge in [0.1, 0.15) is 35.0 Å². The maximum absolute atomic E-state index is 13.9. The zero-order chi connectivity index (χ0) is 27.9. The van der Waals surface area contributed by atoms with Crippen LogP contribution in [-0.2, 0) is 4.79 Å². The van der Waals surface area contributed by atoms with E-state index in [1.807, 2.05) is 36.4 Å². The van der Waals surface area contributed by atoms with Gasteiger partial charge in [-0.3, -0.25) is 13.9 Å². The molecule has 40 heavy (non-hydrogen) atoms. The number of carbonyl (C=O) groups excluding carboxylic acids is 1. The number of anilines is 1. The van der Waals surface area contributed by atoms with Gasteiger partial charge in [0.15, 0.2) is 11.5 Å². The minimum absolute atomic E-state index is 0.0763. The molecule has 11 nitrogen and oxygen atoms in total. The van der Waals surface area contributed by atoms with E-state index in [-0.39, 0.29) is 29.0 Å². The van der Waals surface area contributed by atoms with Crippen LogP contribution in [0.5, 0.6) is 11.5 Å². The molecule has 0 radical (unpaired) electrons. The van der Waals surface area contributed by atoms with Gasteiger partial charge >= 0.3 is 5.69 Å². The largest absolute Gasteiger partial charge is 0.457 e. The normalized spacial score (nSPS) is 17.0. The van der Waals surface area contributed by atoms with Crippen molar-refractivity contribution < 1.29 is 9.53 Å². The Bertz CT molecular complexity index is 1700. The fourth-order valence-corrected chi connectivity index (χ4v) is 5.14. The summed E-state index contributed by atoms with van der Waals surface area (Å²) in [5, 5.41) is 9.53. The van der Waals surface area contributed by atoms with E-state index in [2.05, 4.69) is 9.97 Å². The highest BCUT2D eigenvalue weighted by Gasteiger charge is 2.38. The van der Waals surface area contributed by atoms with Crippen LogP contribution in [0.4, 0.5) is 5.82 Å². The molecular formula is C29H28N8O3. The number of hydrogen-bond donors (Lipinski definition) is 2. The molecule has 6 rings (SSSR count). The van der Waals surface area contributed by atoms with Crippen LogP contribution in [0, 0.1) is 11.3 Å². The second kappa shape index (κ2) is 9.98. The molecule has 1 aliphatic heterocycles. The minimum atomic E-state index is -0.542. The van der Waals surface area contributed by atoms with E-state index in [9.17, 15) is 14.9 Å². The average molecular weight is 537 g/mol. The number of rotatable bonds is 6. The van der Waals surface area contributed by atoms with Crippen molar-refractivity contribution in [3.63, 3.8) is 0 Å². The molecule has 1 saturated carbocycles. The summed E-state index contributed by atoms with van der Waals surface area (Å²) in [5.74, 6) is 1.20. The molecule has 2 aromatic heterocycles. The molecule has 3 heterocycles. The summed E-state index contributed by atoms with van der Waals surface area (Å²) in [7, 11) is 0. The van der Waals surface area contributed by atoms with Crippen molar-refractivity contribution in [2.75, 3.05) is 18.8 Å². The van der Waals surface area contributed by atoms with Crippen LogP contribution in [0.2, 0.25) is 0 Å². The standard InChI is InChI=1S/C29H28N8O3/c30-17-19(16-29(32)12-13-29)27(38)35-14-10-21(11-15-35)37-26-24(25(31)33-18-34-26)36(28(37)39)20-6-8-23(9-7-20)40-22-4-2-1-3-5-22/h1-9,16,18,21H,10-15,32H2,(H2,31,33,34). The van der Waals surface area contributed by atoms with Gasteiger partial charge in [-0.2, -0.15) is 5.26 Å². The van der Waals surface area contributed by atoms with Crippen LogP contribution in [0.25, 0.3) is 16.9 Å². The Morgan fingerprint density at radius 2 is 1.73 bits per heavy atom. The molecule has 202 valence electrons. The molecular weight excluding hydrogens is 508 g/mol. The lowest BCUT2D eigenvalue weighted by atomic mass is 10.0. The Kier molecular flexibility index (Phi) is 6.32. The number of ether oxygens (including phenoxy) is 1. The number of nitrogens with zero attached hydrogens (tertiary/aromatic N) is 6. The number of hydrogen-bond acceptors (Lipinski definition) is 8. The predicted molar refractivity (Wildman–Crippen MR) is 149 cm³/mol. The number of nitrogen functional groups attached to an aromatic ring is 1. The van der Waals surface area contributed by atoms with Crippen molar-refractivity contribution in [2.45, 2.75) is 37.3 Å². The SMILES string of the molecule is N#CC(=CC1(N)CC1)C(=O)N1CCC(n2c(=O)n(-c3ccc(Oc4ccccc4)cc3)c3c(N)ncnc32)CC1. The number of nitrogens with two attached hydrogens (primary N) is 2. The first kappa shape index (κ1) is 25.3. The Balaban J connectivity index is 1.27. The number of nitriles is 1. The second-order valence-corrected chi connectivity index (χ2v) is 10.3. The van der Waals surface area contributed by atoms with E-state index in [0.29, 0.717) is 54.3 Å². The molecule has 4 aromatic rings. The van der Waals surface area contributed by atoms with E-state index < -0.39 is 5.54 Å². The van der Waals surface area contributed by atoms with Gasteiger partial charge in [-0.25, -0.2) is 14.8 Å². The first-order valence-corrected chi connectivity index (χ1v) is 13.1. The zero-order valence-electron chi connectivity index (χ0n) is 21.7. The molecule has 2 aliphatic rings. The van der Waals surface area contributed by atoms with Gasteiger partial charge in [-0.15, -0.1) is 0 Å². The number of likely N-dealkylation sites (tertiary alicyclic amines) is 1. The summed E-state index contributed by atoms with van der Waals surface area (Å²) < 4.78 is 9.05. The third kappa shape index (κ3) is 4.69. The Hall–Kier alpha value is -4.95. The molecule has 1 aliphatic carbocycles. The van der Waals surface area contributed by atoms with E-state index in [1.54, 1.807) is 39.8 Å². The molecule has 0 bridgehead atoms. The van der Waals surface area contributed by atoms with Crippen molar-refractivity contribution in [1.82, 2.24) is 24.0 Å². The van der Waals surface area contributed by atoms with Gasteiger partial charge in [0.2, 0.25) is 0 Å². The van der Waals surface area contributed by atoms with Gasteiger partial charge in [-0.05, 0) is 68.2 Å². The van der Waals surface area contributed by atoms with Crippen molar-refractivity contribution in [3.8, 4) is 23.3 Å². The van der Waals surface area contributed by atoms with E-state index >= 15 is 0 Å². The van der Waals surface area contributed by atoms with E-state index in [1.165, 1.54) is 10.9 Å². The number of amides is 1. The van der Waals surface area contributed by atoms with Gasteiger partial charge < -0.3 is 21.1 Å². The lowest BCUT2D eigenvalue weighted by molar-refractivity contribution is -0.128. The lowest BCUT2D eigenvalue weighted by Crippen LogP contribution is -2.41. The summed E-state index contributed by atoms with van der Waals surface area (Å²) in [6, 6.07) is 18.4. The molecule has 0 spiro atoms. The quantitative estimate of drug-likeness (QED) is 0.281. The molecule has 1 saturated heterocycles. The van der Waals surface area contributed by atoms with Crippen LogP contribution in [0.1, 0.15) is 31.7 Å². The summed E-state index contributed by atoms with van der Waals surface area (Å²) in [5.41, 5.74) is 13.1.